The Morgan fingerprint density at radius 2 is 1.92 bits per heavy atom. The van der Waals surface area contributed by atoms with Crippen LogP contribution in [-0.4, -0.2) is 16.4 Å². The van der Waals surface area contributed by atoms with Crippen molar-refractivity contribution in [1.29, 1.82) is 0 Å². The molecule has 0 aliphatic carbocycles. The molecule has 2 atom stereocenters. The number of nitrogens with zero attached hydrogens (tertiary/aromatic N) is 3. The average Bonchev–Trinajstić information content (AvgIpc) is 2.02. The SMILES string of the molecule is COP1N(F)P(F)N=P(F)(F)N1F. The van der Waals surface area contributed by atoms with Gasteiger partial charge in [0.05, 0.1) is 0 Å². The Morgan fingerprint density at radius 3 is 2.38 bits per heavy atom. The van der Waals surface area contributed by atoms with Crippen LogP contribution in [0, 0.1) is 0 Å². The van der Waals surface area contributed by atoms with Crippen LogP contribution in [0.25, 0.3) is 0 Å². The van der Waals surface area contributed by atoms with Crippen molar-refractivity contribution < 1.29 is 26.1 Å². The molecule has 0 aromatic heterocycles. The third-order valence-corrected chi connectivity index (χ3v) is 5.98. The summed E-state index contributed by atoms with van der Waals surface area (Å²) in [6.07, 6.45) is 0. The van der Waals surface area contributed by atoms with Crippen LogP contribution in [0.2, 0.25) is 0 Å². The van der Waals surface area contributed by atoms with Crippen LogP contribution in [0.3, 0.4) is 0 Å². The molecular formula is CH3F5N3OP3. The Kier molecular flexibility index (Phi) is 3.60. The number of hydrogen-bond donors (Lipinski definition) is 0. The van der Waals surface area contributed by atoms with E-state index >= 15 is 0 Å². The van der Waals surface area contributed by atoms with Crippen molar-refractivity contribution >= 4 is 24.8 Å². The Bertz CT molecular complexity index is 245. The van der Waals surface area contributed by atoms with Gasteiger partial charge >= 0.3 is 16.4 Å². The minimum absolute atomic E-state index is 0.762. The minimum atomic E-state index is -5.53. The first-order chi connectivity index (χ1) is 5.90. The van der Waals surface area contributed by atoms with Gasteiger partial charge in [-0.1, -0.05) is 0 Å². The Morgan fingerprint density at radius 1 is 1.38 bits per heavy atom. The average molecular weight is 261 g/mol. The van der Waals surface area contributed by atoms with Crippen LogP contribution in [0.15, 0.2) is 4.52 Å². The van der Waals surface area contributed by atoms with Gasteiger partial charge in [0.2, 0.25) is 0 Å². The first kappa shape index (κ1) is 11.7. The monoisotopic (exact) mass is 261 g/mol. The smallest absolute Gasteiger partial charge is 0.331 e. The first-order valence-corrected chi connectivity index (χ1v) is 6.42. The van der Waals surface area contributed by atoms with Crippen molar-refractivity contribution in [2.75, 3.05) is 7.11 Å². The molecule has 0 bridgehead atoms. The fourth-order valence-electron chi connectivity index (χ4n) is 0.506. The van der Waals surface area contributed by atoms with Crippen molar-refractivity contribution in [2.45, 2.75) is 0 Å². The van der Waals surface area contributed by atoms with E-state index in [1.165, 1.54) is 0 Å². The highest BCUT2D eigenvalue weighted by molar-refractivity contribution is 7.77. The summed E-state index contributed by atoms with van der Waals surface area (Å²) < 4.78 is 66.7. The third kappa shape index (κ3) is 2.17. The van der Waals surface area contributed by atoms with E-state index in [9.17, 15) is 21.6 Å². The molecule has 0 fully saturated rings. The maximum atomic E-state index is 12.6. The summed E-state index contributed by atoms with van der Waals surface area (Å²) in [5, 5.41) is 0. The van der Waals surface area contributed by atoms with E-state index in [1.807, 2.05) is 0 Å². The summed E-state index contributed by atoms with van der Waals surface area (Å²) in [5.41, 5.74) is 0. The lowest BCUT2D eigenvalue weighted by Crippen LogP contribution is -2.13. The second kappa shape index (κ2) is 4.01. The molecule has 0 aromatic rings. The lowest BCUT2D eigenvalue weighted by atomic mass is 11.8. The number of rotatable bonds is 1. The molecule has 1 aliphatic heterocycles. The second-order valence-corrected chi connectivity index (χ2v) is 6.72. The molecule has 2 unspecified atom stereocenters. The Hall–Kier alpha value is 0.620. The molecule has 1 rings (SSSR count). The summed E-state index contributed by atoms with van der Waals surface area (Å²) in [4.78, 5) is 0. The van der Waals surface area contributed by atoms with E-state index in [-0.39, 0.29) is 0 Å². The minimum Gasteiger partial charge on any atom is -0.331 e. The van der Waals surface area contributed by atoms with E-state index in [4.69, 9.17) is 0 Å². The standard InChI is InChI=1S/CH3F5N3OP3/c1-10-12-8(2)11(4)7-13(5,6)9(12)3/h1H3. The highest BCUT2D eigenvalue weighted by Crippen LogP contribution is 2.80. The highest BCUT2D eigenvalue weighted by Gasteiger charge is 2.50. The quantitative estimate of drug-likeness (QED) is 0.399. The molecule has 78 valence electrons. The first-order valence-electron chi connectivity index (χ1n) is 2.64. The van der Waals surface area contributed by atoms with Crippen LogP contribution in [0.5, 0.6) is 0 Å². The zero-order valence-electron chi connectivity index (χ0n) is 5.98. The van der Waals surface area contributed by atoms with Gasteiger partial charge in [-0.15, -0.1) is 8.96 Å². The summed E-state index contributed by atoms with van der Waals surface area (Å²) in [5.74, 6) is 0. The Labute approximate surface area is 72.8 Å². The van der Waals surface area contributed by atoms with Crippen LogP contribution >= 0.6 is 24.8 Å². The van der Waals surface area contributed by atoms with Crippen LogP contribution in [-0.2, 0) is 4.52 Å². The van der Waals surface area contributed by atoms with E-state index < -0.39 is 34.1 Å². The fourth-order valence-corrected chi connectivity index (χ4v) is 5.07. The molecule has 1 heterocycles. The molecule has 1 aliphatic rings. The molecule has 4 nitrogen and oxygen atoms in total. The summed E-state index contributed by atoms with van der Waals surface area (Å²) >= 11 is 0. The molecular weight excluding hydrogens is 258 g/mol. The van der Waals surface area contributed by atoms with Gasteiger partial charge in [-0.2, -0.15) is 17.1 Å². The topological polar surface area (TPSA) is 28.1 Å². The van der Waals surface area contributed by atoms with E-state index in [2.05, 4.69) is 9.04 Å². The third-order valence-electron chi connectivity index (χ3n) is 0.962. The van der Waals surface area contributed by atoms with Gasteiger partial charge in [0.25, 0.3) is 8.45 Å². The molecule has 13 heavy (non-hydrogen) atoms. The molecule has 0 N–H and O–H groups in total. The molecule has 0 saturated carbocycles. The lowest BCUT2D eigenvalue weighted by Gasteiger charge is -2.29. The maximum absolute atomic E-state index is 12.6. The van der Waals surface area contributed by atoms with Crippen molar-refractivity contribution in [2.24, 2.45) is 4.52 Å². The fraction of sp³-hybridized carbons (Fsp3) is 1.00. The van der Waals surface area contributed by atoms with Crippen molar-refractivity contribution in [1.82, 2.24) is 9.33 Å². The van der Waals surface area contributed by atoms with Crippen molar-refractivity contribution in [3.63, 3.8) is 0 Å². The van der Waals surface area contributed by atoms with Gasteiger partial charge in [-0.25, -0.2) is 0 Å². The zero-order chi connectivity index (χ0) is 10.2. The lowest BCUT2D eigenvalue weighted by molar-refractivity contribution is 0.158. The Balaban J connectivity index is 3.00. The largest absolute Gasteiger partial charge is 0.408 e. The van der Waals surface area contributed by atoms with Crippen molar-refractivity contribution in [3.05, 3.63) is 0 Å². The number of hydrogen-bond acceptors (Lipinski definition) is 4. The predicted molar refractivity (Wildman–Crippen MR) is 39.4 cm³/mol. The zero-order valence-corrected chi connectivity index (χ0v) is 8.66. The van der Waals surface area contributed by atoms with Crippen molar-refractivity contribution in [3.8, 4) is 0 Å². The summed E-state index contributed by atoms with van der Waals surface area (Å²) in [7, 11) is -11.2. The van der Waals surface area contributed by atoms with Gasteiger partial charge in [0, 0.05) is 11.8 Å². The predicted octanol–water partition coefficient (Wildman–Crippen LogP) is 4.33. The van der Waals surface area contributed by atoms with E-state index in [0.717, 1.165) is 7.11 Å². The number of halogens is 5. The molecule has 0 saturated heterocycles. The molecule has 0 radical (unpaired) electrons. The van der Waals surface area contributed by atoms with Gasteiger partial charge in [-0.05, 0) is 4.66 Å². The molecule has 0 amide bonds. The molecule has 12 heteroatoms. The van der Waals surface area contributed by atoms with Gasteiger partial charge in [0.1, 0.15) is 0 Å². The van der Waals surface area contributed by atoms with E-state index in [0.29, 0.717) is 0 Å². The van der Waals surface area contributed by atoms with Crippen LogP contribution in [0.4, 0.5) is 21.6 Å². The summed E-state index contributed by atoms with van der Waals surface area (Å²) in [6, 6.07) is 0. The normalized spacial score (nSPS) is 35.8. The maximum Gasteiger partial charge on any atom is 0.408 e. The van der Waals surface area contributed by atoms with Gasteiger partial charge in [0.15, 0.2) is 0 Å². The van der Waals surface area contributed by atoms with Crippen LogP contribution < -0.4 is 0 Å². The highest BCUT2D eigenvalue weighted by atomic mass is 31.3. The van der Waals surface area contributed by atoms with E-state index in [1.54, 1.807) is 0 Å². The molecule has 0 aromatic carbocycles. The second-order valence-electron chi connectivity index (χ2n) is 1.70. The molecule has 0 spiro atoms. The van der Waals surface area contributed by atoms with Crippen LogP contribution in [0.1, 0.15) is 0 Å². The van der Waals surface area contributed by atoms with Gasteiger partial charge < -0.3 is 4.52 Å². The summed E-state index contributed by atoms with van der Waals surface area (Å²) in [6.45, 7) is 0. The van der Waals surface area contributed by atoms with Gasteiger partial charge in [-0.3, -0.25) is 0 Å².